The fourth-order valence-electron chi connectivity index (χ4n) is 4.67. The second kappa shape index (κ2) is 14.6. The van der Waals surface area contributed by atoms with Gasteiger partial charge in [-0.3, -0.25) is 9.11 Å². The van der Waals surface area contributed by atoms with Crippen LogP contribution in [0.1, 0.15) is 0 Å². The number of ether oxygens (including phenoxy) is 5. The molecule has 3 saturated heterocycles. The van der Waals surface area contributed by atoms with Gasteiger partial charge in [0.1, 0.15) is 67.1 Å². The molecule has 0 spiro atoms. The summed E-state index contributed by atoms with van der Waals surface area (Å²) in [5.74, 6) is -1.87. The number of nitrogens with two attached hydrogens (primary N) is 1. The summed E-state index contributed by atoms with van der Waals surface area (Å²) in [6.07, 6.45) is -27.7. The molecule has 0 saturated carbocycles. The maximum atomic E-state index is 12.1. The molecule has 0 aromatic heterocycles. The number of rotatable bonds is 12. The minimum atomic E-state index is -5.44. The third-order valence-electron chi connectivity index (χ3n) is 6.85. The Balaban J connectivity index is 1.85. The highest BCUT2D eigenvalue weighted by atomic mass is 32.3. The van der Waals surface area contributed by atoms with Crippen molar-refractivity contribution in [3.05, 3.63) is 0 Å². The van der Waals surface area contributed by atoms with E-state index in [4.69, 9.17) is 34.0 Å². The molecule has 0 aromatic rings. The topological polar surface area (TPSA) is 378 Å². The van der Waals surface area contributed by atoms with Crippen LogP contribution < -0.4 is 5.73 Å². The third-order valence-corrected chi connectivity index (χ3v) is 7.75. The molecule has 0 unspecified atom stereocenters. The molecule has 0 radical (unpaired) electrons. The highest BCUT2D eigenvalue weighted by Gasteiger charge is 2.55. The Labute approximate surface area is 248 Å². The van der Waals surface area contributed by atoms with E-state index < -0.39 is 138 Å². The lowest BCUT2D eigenvalue weighted by Crippen LogP contribution is -2.67. The van der Waals surface area contributed by atoms with Gasteiger partial charge in [0, 0.05) is 0 Å². The van der Waals surface area contributed by atoms with E-state index >= 15 is 0 Å². The van der Waals surface area contributed by atoms with Gasteiger partial charge in [-0.15, -0.1) is 0 Å². The van der Waals surface area contributed by atoms with Crippen molar-refractivity contribution in [1.29, 1.82) is 0 Å². The lowest BCUT2D eigenvalue weighted by Gasteiger charge is -2.46. The van der Waals surface area contributed by atoms with Crippen LogP contribution in [0.15, 0.2) is 0 Å². The lowest BCUT2D eigenvalue weighted by atomic mass is 9.93. The molecule has 23 nitrogen and oxygen atoms in total. The van der Waals surface area contributed by atoms with Crippen molar-refractivity contribution >= 4 is 26.8 Å². The van der Waals surface area contributed by atoms with E-state index in [0.717, 1.165) is 0 Å². The smallest absolute Gasteiger partial charge is 0.397 e. The van der Waals surface area contributed by atoms with Crippen molar-refractivity contribution in [2.75, 3.05) is 19.8 Å². The number of carbonyl (C=O) groups is 1. The van der Waals surface area contributed by atoms with Crippen molar-refractivity contribution in [2.24, 2.45) is 5.73 Å². The van der Waals surface area contributed by atoms with Crippen molar-refractivity contribution in [3.8, 4) is 0 Å². The quantitative estimate of drug-likeness (QED) is 0.0846. The van der Waals surface area contributed by atoms with Crippen molar-refractivity contribution in [3.63, 3.8) is 0 Å². The molecular formula is C19H33NO22S2. The van der Waals surface area contributed by atoms with Crippen LogP contribution in [-0.2, 0) is 57.6 Å². The number of aliphatic carboxylic acids is 1. The SMILES string of the molecule is N[C@H]1[C@@H](O[C@H]2[C@H](O)[C@@H](OS(=O)(=O)O)[C@H](CO[C@H]3[C@H](O)[C@@H](O)[C@@H](O)O[C@@H]3CO)O[C@@H]2C(=O)O)O[C@H](COS(=O)(=O)O)[C@@H](O)[C@@H]1O. The van der Waals surface area contributed by atoms with Gasteiger partial charge in [0.15, 0.2) is 18.7 Å². The van der Waals surface area contributed by atoms with Crippen LogP contribution in [0.2, 0.25) is 0 Å². The van der Waals surface area contributed by atoms with E-state index in [1.54, 1.807) is 0 Å². The second-order valence-electron chi connectivity index (χ2n) is 9.85. The first-order valence-electron chi connectivity index (χ1n) is 12.4. The van der Waals surface area contributed by atoms with Gasteiger partial charge in [-0.1, -0.05) is 0 Å². The summed E-state index contributed by atoms with van der Waals surface area (Å²) in [4.78, 5) is 12.1. The molecule has 0 aliphatic carbocycles. The summed E-state index contributed by atoms with van der Waals surface area (Å²) in [6.45, 7) is -2.96. The molecule has 3 aliphatic rings. The highest BCUT2D eigenvalue weighted by Crippen LogP contribution is 2.32. The maximum Gasteiger partial charge on any atom is 0.397 e. The predicted octanol–water partition coefficient (Wildman–Crippen LogP) is -7.82. The normalized spacial score (nSPS) is 43.9. The number of carboxylic acid groups (broad SMARTS) is 1. The summed E-state index contributed by atoms with van der Waals surface area (Å²) < 4.78 is 97.9. The average Bonchev–Trinajstić information content (AvgIpc) is 2.91. The Hall–Kier alpha value is -1.31. The first-order valence-corrected chi connectivity index (χ1v) is 15.2. The van der Waals surface area contributed by atoms with E-state index in [1.807, 2.05) is 0 Å². The van der Waals surface area contributed by atoms with Crippen molar-refractivity contribution < 1.29 is 104 Å². The molecule has 3 fully saturated rings. The molecule has 3 aliphatic heterocycles. The van der Waals surface area contributed by atoms with E-state index in [-0.39, 0.29) is 0 Å². The molecule has 0 aromatic carbocycles. The van der Waals surface area contributed by atoms with Gasteiger partial charge in [0.2, 0.25) is 0 Å². The van der Waals surface area contributed by atoms with Crippen molar-refractivity contribution in [2.45, 2.75) is 91.9 Å². The Morgan fingerprint density at radius 2 is 1.36 bits per heavy atom. The molecule has 44 heavy (non-hydrogen) atoms. The fraction of sp³-hybridized carbons (Fsp3) is 0.947. The van der Waals surface area contributed by atoms with Crippen LogP contribution in [-0.4, -0.2) is 184 Å². The average molecular weight is 692 g/mol. The molecule has 3 heterocycles. The molecule has 258 valence electrons. The van der Waals surface area contributed by atoms with Crippen molar-refractivity contribution in [1.82, 2.24) is 0 Å². The summed E-state index contributed by atoms with van der Waals surface area (Å²) in [5, 5.41) is 80.5. The zero-order valence-corrected chi connectivity index (χ0v) is 23.7. The minimum absolute atomic E-state index is 0.878. The monoisotopic (exact) mass is 691 g/mol. The molecule has 0 amide bonds. The lowest BCUT2D eigenvalue weighted by molar-refractivity contribution is -0.321. The minimum Gasteiger partial charge on any atom is -0.479 e. The Morgan fingerprint density at radius 1 is 0.727 bits per heavy atom. The van der Waals surface area contributed by atoms with Gasteiger partial charge in [-0.2, -0.15) is 16.8 Å². The number of hydrogen-bond acceptors (Lipinski definition) is 20. The zero-order chi connectivity index (χ0) is 33.3. The first kappa shape index (κ1) is 37.2. The van der Waals surface area contributed by atoms with Gasteiger partial charge >= 0.3 is 26.8 Å². The van der Waals surface area contributed by atoms with E-state index in [2.05, 4.69) is 8.37 Å². The Morgan fingerprint density at radius 3 is 1.91 bits per heavy atom. The molecule has 25 heteroatoms. The molecular weight excluding hydrogens is 658 g/mol. The van der Waals surface area contributed by atoms with E-state index in [1.165, 1.54) is 0 Å². The summed E-state index contributed by atoms with van der Waals surface area (Å²) >= 11 is 0. The van der Waals surface area contributed by atoms with Gasteiger partial charge in [-0.05, 0) is 0 Å². The Kier molecular flexibility index (Phi) is 12.4. The van der Waals surface area contributed by atoms with Crippen LogP contribution in [0.5, 0.6) is 0 Å². The van der Waals surface area contributed by atoms with E-state index in [9.17, 15) is 67.0 Å². The third kappa shape index (κ3) is 8.94. The Bertz CT molecular complexity index is 1190. The van der Waals surface area contributed by atoms with Crippen LogP contribution in [0.25, 0.3) is 0 Å². The molecule has 12 N–H and O–H groups in total. The summed E-state index contributed by atoms with van der Waals surface area (Å²) in [7, 11) is -10.5. The fourth-order valence-corrected chi connectivity index (χ4v) is 5.50. The zero-order valence-electron chi connectivity index (χ0n) is 22.0. The van der Waals surface area contributed by atoms with Gasteiger partial charge in [0.05, 0.1) is 25.9 Å². The maximum absolute atomic E-state index is 12.1. The van der Waals surface area contributed by atoms with Gasteiger partial charge in [-0.25, -0.2) is 13.2 Å². The van der Waals surface area contributed by atoms with Crippen LogP contribution >= 0.6 is 0 Å². The first-order chi connectivity index (χ1) is 20.3. The van der Waals surface area contributed by atoms with Crippen LogP contribution in [0, 0.1) is 0 Å². The standard InChI is InChI=1S/C19H33NO22S2/c20-7-9(23)8(22)5(3-37-43(30,31)32)40-19(7)41-15-12(26)14(42-44(33,34)35)6(38-16(15)17(27)28)2-36-13-4(1-21)39-18(29)11(25)10(13)24/h4-16,18-19,21-26,29H,1-3,20H2,(H,27,28)(H,30,31,32)(H,33,34,35)/t4-,5-,6+,7-,8-,9-,10-,11-,12-,13-,14+,15+,16+,18+,19-/m1/s1. The van der Waals surface area contributed by atoms with E-state index in [0.29, 0.717) is 0 Å². The van der Waals surface area contributed by atoms with Crippen LogP contribution in [0.4, 0.5) is 0 Å². The number of aliphatic hydroxyl groups is 7. The second-order valence-corrected chi connectivity index (χ2v) is 12.0. The number of carboxylic acids is 1. The van der Waals surface area contributed by atoms with Gasteiger partial charge in [0.25, 0.3) is 0 Å². The molecule has 0 bridgehead atoms. The number of aliphatic hydroxyl groups excluding tert-OH is 7. The summed E-state index contributed by atoms with van der Waals surface area (Å²) in [6, 6.07) is -1.74. The largest absolute Gasteiger partial charge is 0.479 e. The van der Waals surface area contributed by atoms with Crippen LogP contribution in [0.3, 0.4) is 0 Å². The predicted molar refractivity (Wildman–Crippen MR) is 129 cm³/mol. The summed E-state index contributed by atoms with van der Waals surface area (Å²) in [5.41, 5.74) is 5.78. The molecule has 3 rings (SSSR count). The van der Waals surface area contributed by atoms with Gasteiger partial charge < -0.3 is 70.3 Å². The highest BCUT2D eigenvalue weighted by molar-refractivity contribution is 7.81. The molecule has 15 atom stereocenters. The number of hydrogen-bond donors (Lipinski definition) is 11.